The van der Waals surface area contributed by atoms with Crippen molar-refractivity contribution in [1.82, 2.24) is 5.32 Å². The highest BCUT2D eigenvalue weighted by Gasteiger charge is 2.23. The number of amides is 2. The van der Waals surface area contributed by atoms with Crippen LogP contribution in [-0.4, -0.2) is 23.9 Å². The van der Waals surface area contributed by atoms with Crippen LogP contribution in [0.15, 0.2) is 24.3 Å². The van der Waals surface area contributed by atoms with Gasteiger partial charge in [0, 0.05) is 17.3 Å². The number of hydrogen-bond donors (Lipinski definition) is 3. The maximum atomic E-state index is 11.8. The first kappa shape index (κ1) is 17.5. The Kier molecular flexibility index (Phi) is 6.18. The molecule has 21 heavy (non-hydrogen) atoms. The molecule has 1 fully saturated rings. The van der Waals surface area contributed by atoms with Crippen LogP contribution in [0.2, 0.25) is 0 Å². The Balaban J connectivity index is 0.00000220. The maximum Gasteiger partial charge on any atom is 0.251 e. The molecular weight excluding hydrogens is 290 g/mol. The number of halogens is 1. The van der Waals surface area contributed by atoms with Crippen molar-refractivity contribution in [2.75, 3.05) is 5.32 Å². The van der Waals surface area contributed by atoms with E-state index in [4.69, 9.17) is 5.73 Å². The second kappa shape index (κ2) is 7.43. The van der Waals surface area contributed by atoms with Gasteiger partial charge in [0.05, 0.1) is 6.04 Å². The standard InChI is InChI=1S/C15H21N3O2.ClH/c1-9(2)13(16)15(20)18-11-5-3-10(4-6-11)14(19)17-12-7-8-12;/h3-6,9,12-13H,7-8,16H2,1-2H3,(H,17,19)(H,18,20);1H. The second-order valence-corrected chi connectivity index (χ2v) is 5.58. The highest BCUT2D eigenvalue weighted by atomic mass is 35.5. The van der Waals surface area contributed by atoms with Crippen LogP contribution < -0.4 is 16.4 Å². The molecule has 0 heterocycles. The molecule has 1 aromatic carbocycles. The fourth-order valence-electron chi connectivity index (χ4n) is 1.73. The van der Waals surface area contributed by atoms with Gasteiger partial charge in [-0.25, -0.2) is 0 Å². The van der Waals surface area contributed by atoms with Crippen LogP contribution in [0.5, 0.6) is 0 Å². The van der Waals surface area contributed by atoms with Gasteiger partial charge in [0.2, 0.25) is 5.91 Å². The lowest BCUT2D eigenvalue weighted by Crippen LogP contribution is -2.39. The van der Waals surface area contributed by atoms with E-state index in [1.807, 2.05) is 13.8 Å². The summed E-state index contributed by atoms with van der Waals surface area (Å²) in [4.78, 5) is 23.6. The van der Waals surface area contributed by atoms with Crippen molar-refractivity contribution in [1.29, 1.82) is 0 Å². The van der Waals surface area contributed by atoms with Gasteiger partial charge >= 0.3 is 0 Å². The zero-order valence-electron chi connectivity index (χ0n) is 12.3. The Morgan fingerprint density at radius 3 is 2.24 bits per heavy atom. The van der Waals surface area contributed by atoms with Crippen molar-refractivity contribution in [2.45, 2.75) is 38.8 Å². The lowest BCUT2D eigenvalue weighted by atomic mass is 10.0. The van der Waals surface area contributed by atoms with Crippen LogP contribution in [0, 0.1) is 5.92 Å². The zero-order chi connectivity index (χ0) is 14.7. The summed E-state index contributed by atoms with van der Waals surface area (Å²) in [5, 5.41) is 5.66. The van der Waals surface area contributed by atoms with Crippen LogP contribution >= 0.6 is 12.4 Å². The summed E-state index contributed by atoms with van der Waals surface area (Å²) in [5.74, 6) is -0.196. The Labute approximate surface area is 131 Å². The summed E-state index contributed by atoms with van der Waals surface area (Å²) < 4.78 is 0. The van der Waals surface area contributed by atoms with Crippen molar-refractivity contribution in [3.05, 3.63) is 29.8 Å². The molecule has 1 atom stereocenters. The van der Waals surface area contributed by atoms with E-state index >= 15 is 0 Å². The molecule has 2 rings (SSSR count). The van der Waals surface area contributed by atoms with Crippen molar-refractivity contribution < 1.29 is 9.59 Å². The molecule has 5 nitrogen and oxygen atoms in total. The third-order valence-corrected chi connectivity index (χ3v) is 3.35. The van der Waals surface area contributed by atoms with Gasteiger partial charge in [0.1, 0.15) is 0 Å². The molecule has 6 heteroatoms. The molecule has 1 saturated carbocycles. The third kappa shape index (κ3) is 5.02. The average Bonchev–Trinajstić information content (AvgIpc) is 3.22. The predicted molar refractivity (Wildman–Crippen MR) is 85.6 cm³/mol. The van der Waals surface area contributed by atoms with Gasteiger partial charge in [-0.15, -0.1) is 12.4 Å². The minimum atomic E-state index is -0.534. The smallest absolute Gasteiger partial charge is 0.251 e. The molecule has 4 N–H and O–H groups in total. The van der Waals surface area contributed by atoms with E-state index in [2.05, 4.69) is 10.6 Å². The second-order valence-electron chi connectivity index (χ2n) is 5.58. The molecule has 116 valence electrons. The highest BCUT2D eigenvalue weighted by molar-refractivity contribution is 5.97. The van der Waals surface area contributed by atoms with Crippen molar-refractivity contribution in [3.63, 3.8) is 0 Å². The van der Waals surface area contributed by atoms with Gasteiger partial charge in [0.15, 0.2) is 0 Å². The lowest BCUT2D eigenvalue weighted by molar-refractivity contribution is -0.118. The summed E-state index contributed by atoms with van der Waals surface area (Å²) in [5.41, 5.74) is 7.02. The third-order valence-electron chi connectivity index (χ3n) is 3.35. The Bertz CT molecular complexity index is 498. The maximum absolute atomic E-state index is 11.8. The summed E-state index contributed by atoms with van der Waals surface area (Å²) in [6, 6.07) is 6.64. The number of nitrogens with two attached hydrogens (primary N) is 1. The Hall–Kier alpha value is -1.59. The summed E-state index contributed by atoms with van der Waals surface area (Å²) >= 11 is 0. The monoisotopic (exact) mass is 311 g/mol. The number of nitrogens with one attached hydrogen (secondary N) is 2. The minimum Gasteiger partial charge on any atom is -0.349 e. The summed E-state index contributed by atoms with van der Waals surface area (Å²) in [7, 11) is 0. The zero-order valence-corrected chi connectivity index (χ0v) is 13.1. The molecule has 1 unspecified atom stereocenters. The lowest BCUT2D eigenvalue weighted by Gasteiger charge is -2.15. The van der Waals surface area contributed by atoms with Gasteiger partial charge in [0.25, 0.3) is 5.91 Å². The van der Waals surface area contributed by atoms with Crippen LogP contribution in [0.25, 0.3) is 0 Å². The Morgan fingerprint density at radius 1 is 1.19 bits per heavy atom. The topological polar surface area (TPSA) is 84.2 Å². The number of anilines is 1. The van der Waals surface area contributed by atoms with E-state index in [0.29, 0.717) is 17.3 Å². The molecule has 0 radical (unpaired) electrons. The molecular formula is C15H22ClN3O2. The molecule has 0 saturated heterocycles. The fourth-order valence-corrected chi connectivity index (χ4v) is 1.73. The van der Waals surface area contributed by atoms with E-state index in [9.17, 15) is 9.59 Å². The van der Waals surface area contributed by atoms with Crippen molar-refractivity contribution in [3.8, 4) is 0 Å². The van der Waals surface area contributed by atoms with Crippen LogP contribution in [-0.2, 0) is 4.79 Å². The quantitative estimate of drug-likeness (QED) is 0.776. The molecule has 1 aliphatic carbocycles. The van der Waals surface area contributed by atoms with E-state index in [1.165, 1.54) is 0 Å². The first-order valence-corrected chi connectivity index (χ1v) is 6.94. The largest absolute Gasteiger partial charge is 0.349 e. The van der Waals surface area contributed by atoms with Crippen LogP contribution in [0.3, 0.4) is 0 Å². The van der Waals surface area contributed by atoms with Crippen LogP contribution in [0.4, 0.5) is 5.69 Å². The Morgan fingerprint density at radius 2 is 1.76 bits per heavy atom. The molecule has 1 aromatic rings. The van der Waals surface area contributed by atoms with E-state index in [1.54, 1.807) is 24.3 Å². The van der Waals surface area contributed by atoms with Crippen molar-refractivity contribution >= 4 is 29.9 Å². The first-order chi connectivity index (χ1) is 9.47. The number of hydrogen-bond acceptors (Lipinski definition) is 3. The molecule has 2 amide bonds. The summed E-state index contributed by atoms with van der Waals surface area (Å²) in [6.45, 7) is 3.80. The van der Waals surface area contributed by atoms with E-state index in [-0.39, 0.29) is 30.1 Å². The molecule has 1 aliphatic rings. The van der Waals surface area contributed by atoms with Gasteiger partial charge in [-0.1, -0.05) is 13.8 Å². The molecule has 0 aromatic heterocycles. The van der Waals surface area contributed by atoms with Gasteiger partial charge < -0.3 is 16.4 Å². The predicted octanol–water partition coefficient (Wildman–Crippen LogP) is 1.92. The molecule has 0 bridgehead atoms. The molecule has 0 aliphatic heterocycles. The van der Waals surface area contributed by atoms with Gasteiger partial charge in [-0.05, 0) is 43.0 Å². The normalized spacial score (nSPS) is 15.0. The molecule has 0 spiro atoms. The van der Waals surface area contributed by atoms with E-state index < -0.39 is 6.04 Å². The van der Waals surface area contributed by atoms with Gasteiger partial charge in [-0.3, -0.25) is 9.59 Å². The van der Waals surface area contributed by atoms with Gasteiger partial charge in [-0.2, -0.15) is 0 Å². The first-order valence-electron chi connectivity index (χ1n) is 6.94. The number of carbonyl (C=O) groups excluding carboxylic acids is 2. The average molecular weight is 312 g/mol. The van der Waals surface area contributed by atoms with Crippen molar-refractivity contribution in [2.24, 2.45) is 11.7 Å². The van der Waals surface area contributed by atoms with Crippen LogP contribution in [0.1, 0.15) is 37.0 Å². The minimum absolute atomic E-state index is 0. The number of rotatable bonds is 5. The number of carbonyl (C=O) groups is 2. The highest BCUT2D eigenvalue weighted by Crippen LogP contribution is 2.19. The fraction of sp³-hybridized carbons (Fsp3) is 0.467. The number of benzene rings is 1. The SMILES string of the molecule is CC(C)C(N)C(=O)Nc1ccc(C(=O)NC2CC2)cc1.Cl. The van der Waals surface area contributed by atoms with E-state index in [0.717, 1.165) is 12.8 Å². The summed E-state index contributed by atoms with van der Waals surface area (Å²) in [6.07, 6.45) is 2.12.